The lowest BCUT2D eigenvalue weighted by molar-refractivity contribution is 0.847. The molecule has 46 valence electrons. The quantitative estimate of drug-likeness (QED) is 0.255. The van der Waals surface area contributed by atoms with Crippen molar-refractivity contribution in [3.63, 3.8) is 0 Å². The summed E-state index contributed by atoms with van der Waals surface area (Å²) in [6.07, 6.45) is 1.36. The summed E-state index contributed by atoms with van der Waals surface area (Å²) >= 11 is 10.6. The Labute approximate surface area is 58.5 Å². The van der Waals surface area contributed by atoms with E-state index >= 15 is 0 Å². The van der Waals surface area contributed by atoms with Crippen LogP contribution in [-0.4, -0.2) is 17.8 Å². The van der Waals surface area contributed by atoms with Crippen LogP contribution < -0.4 is 0 Å². The second-order valence-electron chi connectivity index (χ2n) is 1.15. The van der Waals surface area contributed by atoms with Crippen molar-refractivity contribution in [3.8, 4) is 0 Å². The van der Waals surface area contributed by atoms with Crippen LogP contribution in [0, 0.1) is 0 Å². The standard InChI is InChI=1S/C4H6Cl2N2/c1-4(5)7-3-8(2)6/h3H,1H2,2H3/b7-3-. The maximum absolute atomic E-state index is 5.31. The first-order valence-corrected chi connectivity index (χ1v) is 2.61. The van der Waals surface area contributed by atoms with Crippen LogP contribution in [0.4, 0.5) is 0 Å². The van der Waals surface area contributed by atoms with E-state index in [1.165, 1.54) is 10.8 Å². The van der Waals surface area contributed by atoms with E-state index in [1.807, 2.05) is 0 Å². The van der Waals surface area contributed by atoms with Crippen LogP contribution in [0.3, 0.4) is 0 Å². The molecule has 2 nitrogen and oxygen atoms in total. The summed E-state index contributed by atoms with van der Waals surface area (Å²) in [7, 11) is 1.63. The molecule has 8 heavy (non-hydrogen) atoms. The Morgan fingerprint density at radius 2 is 2.38 bits per heavy atom. The smallest absolute Gasteiger partial charge is 0.123 e. The third-order valence-corrected chi connectivity index (χ3v) is 0.542. The molecule has 0 aromatic rings. The second kappa shape index (κ2) is 3.75. The molecule has 0 aliphatic rings. The van der Waals surface area contributed by atoms with E-state index in [9.17, 15) is 0 Å². The molecule has 0 fully saturated rings. The molecule has 0 bridgehead atoms. The van der Waals surface area contributed by atoms with Crippen molar-refractivity contribution in [2.45, 2.75) is 0 Å². The molecular formula is C4H6Cl2N2. The van der Waals surface area contributed by atoms with Gasteiger partial charge in [-0.05, 0) is 0 Å². The maximum Gasteiger partial charge on any atom is 0.123 e. The molecule has 0 spiro atoms. The Kier molecular flexibility index (Phi) is 3.65. The number of nitrogens with zero attached hydrogens (tertiary/aromatic N) is 2. The van der Waals surface area contributed by atoms with Crippen molar-refractivity contribution in [1.82, 2.24) is 4.42 Å². The van der Waals surface area contributed by atoms with Gasteiger partial charge in [-0.2, -0.15) is 0 Å². The minimum absolute atomic E-state index is 0.220. The van der Waals surface area contributed by atoms with Gasteiger partial charge in [0.15, 0.2) is 0 Å². The van der Waals surface area contributed by atoms with Crippen LogP contribution >= 0.6 is 23.4 Å². The fraction of sp³-hybridized carbons (Fsp3) is 0.250. The van der Waals surface area contributed by atoms with Gasteiger partial charge in [-0.3, -0.25) is 4.42 Å². The molecular weight excluding hydrogens is 147 g/mol. The minimum Gasteiger partial charge on any atom is -0.278 e. The summed E-state index contributed by atoms with van der Waals surface area (Å²) < 4.78 is 1.26. The van der Waals surface area contributed by atoms with Crippen LogP contribution in [0.25, 0.3) is 0 Å². The summed E-state index contributed by atoms with van der Waals surface area (Å²) in [6.45, 7) is 3.31. The molecule has 0 saturated carbocycles. The van der Waals surface area contributed by atoms with Gasteiger partial charge in [0.2, 0.25) is 0 Å². The number of hydrogen-bond donors (Lipinski definition) is 0. The van der Waals surface area contributed by atoms with Gasteiger partial charge in [-0.25, -0.2) is 4.99 Å². The predicted octanol–water partition coefficient (Wildman–Crippen LogP) is 1.81. The summed E-state index contributed by atoms with van der Waals surface area (Å²) in [5, 5.41) is 0.220. The fourth-order valence-electron chi connectivity index (χ4n) is 0.142. The van der Waals surface area contributed by atoms with Gasteiger partial charge in [-0.15, -0.1) is 0 Å². The Morgan fingerprint density at radius 3 is 2.50 bits per heavy atom. The Morgan fingerprint density at radius 1 is 1.88 bits per heavy atom. The molecule has 4 heteroatoms. The molecule has 0 N–H and O–H groups in total. The zero-order chi connectivity index (χ0) is 6.57. The van der Waals surface area contributed by atoms with Crippen LogP contribution in [-0.2, 0) is 0 Å². The summed E-state index contributed by atoms with van der Waals surface area (Å²) in [5.74, 6) is 0. The largest absolute Gasteiger partial charge is 0.278 e. The number of rotatable bonds is 2. The molecule has 0 aliphatic carbocycles. The lowest BCUT2D eigenvalue weighted by Gasteiger charge is -1.95. The first kappa shape index (κ1) is 7.79. The monoisotopic (exact) mass is 152 g/mol. The number of halogens is 2. The predicted molar refractivity (Wildman–Crippen MR) is 37.1 cm³/mol. The van der Waals surface area contributed by atoms with E-state index in [0.717, 1.165) is 0 Å². The van der Waals surface area contributed by atoms with Gasteiger partial charge in [0, 0.05) is 18.8 Å². The molecule has 0 radical (unpaired) electrons. The van der Waals surface area contributed by atoms with Crippen LogP contribution in [0.1, 0.15) is 0 Å². The highest BCUT2D eigenvalue weighted by atomic mass is 35.5. The summed E-state index contributed by atoms with van der Waals surface area (Å²) in [5.41, 5.74) is 0. The lowest BCUT2D eigenvalue weighted by atomic mass is 11.0. The van der Waals surface area contributed by atoms with Crippen LogP contribution in [0.15, 0.2) is 16.7 Å². The third-order valence-electron chi connectivity index (χ3n) is 0.357. The molecule has 0 aromatic heterocycles. The Hall–Kier alpha value is -0.210. The van der Waals surface area contributed by atoms with Gasteiger partial charge in [0.1, 0.15) is 11.5 Å². The van der Waals surface area contributed by atoms with E-state index in [1.54, 1.807) is 7.05 Å². The molecule has 0 saturated heterocycles. The first-order valence-electron chi connectivity index (χ1n) is 1.90. The molecule has 0 aromatic carbocycles. The SMILES string of the molecule is C=C(Cl)/N=C\N(C)Cl. The highest BCUT2D eigenvalue weighted by Crippen LogP contribution is 1.96. The topological polar surface area (TPSA) is 15.6 Å². The lowest BCUT2D eigenvalue weighted by Crippen LogP contribution is -1.98. The zero-order valence-electron chi connectivity index (χ0n) is 4.43. The van der Waals surface area contributed by atoms with Crippen molar-refractivity contribution in [1.29, 1.82) is 0 Å². The molecule has 0 aliphatic heterocycles. The molecule has 0 atom stereocenters. The second-order valence-corrected chi connectivity index (χ2v) is 2.12. The third kappa shape index (κ3) is 5.79. The van der Waals surface area contributed by atoms with Gasteiger partial charge in [0.25, 0.3) is 0 Å². The molecule has 0 unspecified atom stereocenters. The van der Waals surface area contributed by atoms with Crippen molar-refractivity contribution < 1.29 is 0 Å². The van der Waals surface area contributed by atoms with Crippen molar-refractivity contribution >= 4 is 29.7 Å². The molecule has 0 rings (SSSR count). The molecule has 0 amide bonds. The number of hydrogen-bond acceptors (Lipinski definition) is 1. The minimum atomic E-state index is 0.220. The van der Waals surface area contributed by atoms with E-state index < -0.39 is 0 Å². The van der Waals surface area contributed by atoms with E-state index in [0.29, 0.717) is 0 Å². The number of aliphatic imine (C=N–C) groups is 1. The van der Waals surface area contributed by atoms with Crippen LogP contribution in [0.2, 0.25) is 0 Å². The fourth-order valence-corrected chi connectivity index (χ4v) is 0.229. The van der Waals surface area contributed by atoms with E-state index in [-0.39, 0.29) is 5.16 Å². The molecule has 0 heterocycles. The van der Waals surface area contributed by atoms with Crippen molar-refractivity contribution in [3.05, 3.63) is 11.7 Å². The van der Waals surface area contributed by atoms with Crippen molar-refractivity contribution in [2.75, 3.05) is 7.05 Å². The maximum atomic E-state index is 5.31. The van der Waals surface area contributed by atoms with Gasteiger partial charge in [-0.1, -0.05) is 18.2 Å². The summed E-state index contributed by atoms with van der Waals surface area (Å²) in [6, 6.07) is 0. The highest BCUT2D eigenvalue weighted by Gasteiger charge is 1.79. The first-order chi connectivity index (χ1) is 3.63. The Balaban J connectivity index is 3.50. The van der Waals surface area contributed by atoms with Gasteiger partial charge in [0.05, 0.1) is 0 Å². The van der Waals surface area contributed by atoms with E-state index in [2.05, 4.69) is 11.6 Å². The van der Waals surface area contributed by atoms with Crippen molar-refractivity contribution in [2.24, 2.45) is 4.99 Å². The average molecular weight is 153 g/mol. The Bertz CT molecular complexity index is 109. The van der Waals surface area contributed by atoms with Gasteiger partial charge < -0.3 is 0 Å². The highest BCUT2D eigenvalue weighted by molar-refractivity contribution is 6.29. The van der Waals surface area contributed by atoms with Gasteiger partial charge >= 0.3 is 0 Å². The zero-order valence-corrected chi connectivity index (χ0v) is 5.95. The van der Waals surface area contributed by atoms with E-state index in [4.69, 9.17) is 23.4 Å². The van der Waals surface area contributed by atoms with Crippen LogP contribution in [0.5, 0.6) is 0 Å². The average Bonchev–Trinajstić information content (AvgIpc) is 1.61. The summed E-state index contributed by atoms with van der Waals surface area (Å²) in [4.78, 5) is 3.56. The normalized spacial score (nSPS) is 9.88.